The predicted octanol–water partition coefficient (Wildman–Crippen LogP) is -0.424. The van der Waals surface area contributed by atoms with Crippen LogP contribution in [0.15, 0.2) is 0 Å². The SMILES string of the molecule is CC(=O)OC[C@H]1O[C@@H](F)[C@H](OC(C)=O)[C@@H](OC(C)=O)[C@H]1O[C@@H]1O[C@H](COC(C)=O)[C@@H](OC(C)=O)[C@H](OC(C)=O)[C@H]1OC(C)=O. The van der Waals surface area contributed by atoms with E-state index in [4.69, 9.17) is 47.4 Å². The number of carbonyl (C=O) groups excluding carboxylic acids is 7. The van der Waals surface area contributed by atoms with E-state index in [1.165, 1.54) is 0 Å². The quantitative estimate of drug-likeness (QED) is 0.207. The average molecular weight is 639 g/mol. The number of esters is 7. The van der Waals surface area contributed by atoms with E-state index in [0.717, 1.165) is 48.5 Å². The number of ether oxygens (including phenoxy) is 10. The molecule has 2 aliphatic heterocycles. The molecule has 0 aromatic rings. The second-order valence-corrected chi connectivity index (χ2v) is 9.64. The Morgan fingerprint density at radius 2 is 0.841 bits per heavy atom. The van der Waals surface area contributed by atoms with E-state index in [2.05, 4.69) is 0 Å². The van der Waals surface area contributed by atoms with Gasteiger partial charge in [0.2, 0.25) is 6.36 Å². The molecule has 18 heteroatoms. The van der Waals surface area contributed by atoms with Crippen molar-refractivity contribution in [3.05, 3.63) is 0 Å². The molecule has 0 radical (unpaired) electrons. The van der Waals surface area contributed by atoms with Gasteiger partial charge >= 0.3 is 41.8 Å². The van der Waals surface area contributed by atoms with E-state index in [9.17, 15) is 33.6 Å². The molecule has 10 atom stereocenters. The number of alkyl halides is 1. The highest BCUT2D eigenvalue weighted by Gasteiger charge is 2.57. The molecular formula is C26H35FO17. The molecule has 2 heterocycles. The summed E-state index contributed by atoms with van der Waals surface area (Å²) in [6.07, 6.45) is -17.5. The molecule has 0 bridgehead atoms. The van der Waals surface area contributed by atoms with E-state index >= 15 is 4.39 Å². The Bertz CT molecular complexity index is 1090. The highest BCUT2D eigenvalue weighted by Crippen LogP contribution is 2.35. The van der Waals surface area contributed by atoms with Crippen LogP contribution in [0.1, 0.15) is 48.5 Å². The van der Waals surface area contributed by atoms with Crippen LogP contribution in [0.25, 0.3) is 0 Å². The van der Waals surface area contributed by atoms with Crippen LogP contribution in [0.3, 0.4) is 0 Å². The van der Waals surface area contributed by atoms with Crippen molar-refractivity contribution in [2.75, 3.05) is 13.2 Å². The molecule has 2 fully saturated rings. The lowest BCUT2D eigenvalue weighted by Gasteiger charge is -2.47. The first-order chi connectivity index (χ1) is 20.5. The normalized spacial score (nSPS) is 31.5. The highest BCUT2D eigenvalue weighted by molar-refractivity contribution is 5.69. The van der Waals surface area contributed by atoms with Crippen LogP contribution in [0, 0.1) is 0 Å². The zero-order valence-corrected chi connectivity index (χ0v) is 25.0. The minimum Gasteiger partial charge on any atom is -0.463 e. The summed E-state index contributed by atoms with van der Waals surface area (Å²) in [7, 11) is 0. The van der Waals surface area contributed by atoms with Crippen molar-refractivity contribution in [3.63, 3.8) is 0 Å². The van der Waals surface area contributed by atoms with E-state index in [-0.39, 0.29) is 0 Å². The Balaban J connectivity index is 2.66. The topological polar surface area (TPSA) is 212 Å². The Morgan fingerprint density at radius 3 is 1.27 bits per heavy atom. The highest BCUT2D eigenvalue weighted by atomic mass is 19.1. The first-order valence-corrected chi connectivity index (χ1v) is 13.2. The number of hydrogen-bond acceptors (Lipinski definition) is 17. The van der Waals surface area contributed by atoms with Crippen molar-refractivity contribution in [3.8, 4) is 0 Å². The van der Waals surface area contributed by atoms with Crippen molar-refractivity contribution in [1.29, 1.82) is 0 Å². The van der Waals surface area contributed by atoms with Gasteiger partial charge in [-0.3, -0.25) is 33.6 Å². The summed E-state index contributed by atoms with van der Waals surface area (Å²) in [5.41, 5.74) is 0. The first kappa shape index (κ1) is 36.3. The van der Waals surface area contributed by atoms with Crippen molar-refractivity contribution < 1.29 is 85.3 Å². The Kier molecular flexibility index (Phi) is 13.4. The van der Waals surface area contributed by atoms with Crippen molar-refractivity contribution in [2.24, 2.45) is 0 Å². The number of halogens is 1. The Morgan fingerprint density at radius 1 is 0.477 bits per heavy atom. The summed E-state index contributed by atoms with van der Waals surface area (Å²) < 4.78 is 68.6. The summed E-state index contributed by atoms with van der Waals surface area (Å²) in [5, 5.41) is 0. The largest absolute Gasteiger partial charge is 0.463 e. The maximum absolute atomic E-state index is 15.2. The second-order valence-electron chi connectivity index (χ2n) is 9.64. The minimum absolute atomic E-state index is 0.592. The number of hydrogen-bond donors (Lipinski definition) is 0. The van der Waals surface area contributed by atoms with Gasteiger partial charge in [0.25, 0.3) is 0 Å². The van der Waals surface area contributed by atoms with Gasteiger partial charge in [-0.25, -0.2) is 4.39 Å². The van der Waals surface area contributed by atoms with Crippen LogP contribution in [0.5, 0.6) is 0 Å². The number of carbonyl (C=O) groups is 7. The number of rotatable bonds is 11. The Labute approximate surface area is 250 Å². The molecule has 2 saturated heterocycles. The molecule has 0 N–H and O–H groups in total. The summed E-state index contributed by atoms with van der Waals surface area (Å²) in [5.74, 6) is -6.27. The van der Waals surface area contributed by atoms with Crippen LogP contribution in [-0.2, 0) is 80.9 Å². The molecule has 0 aromatic carbocycles. The molecule has 0 aromatic heterocycles. The molecule has 248 valence electrons. The molecule has 0 spiro atoms. The van der Waals surface area contributed by atoms with Crippen molar-refractivity contribution in [1.82, 2.24) is 0 Å². The van der Waals surface area contributed by atoms with Crippen LogP contribution in [-0.4, -0.2) is 116 Å². The van der Waals surface area contributed by atoms with Crippen LogP contribution in [0.4, 0.5) is 4.39 Å². The molecule has 0 aliphatic carbocycles. The van der Waals surface area contributed by atoms with Crippen molar-refractivity contribution in [2.45, 2.75) is 110 Å². The molecule has 17 nitrogen and oxygen atoms in total. The van der Waals surface area contributed by atoms with Gasteiger partial charge in [0, 0.05) is 48.5 Å². The van der Waals surface area contributed by atoms with Crippen LogP contribution >= 0.6 is 0 Å². The fraction of sp³-hybridized carbons (Fsp3) is 0.731. The van der Waals surface area contributed by atoms with Gasteiger partial charge in [0.1, 0.15) is 31.5 Å². The van der Waals surface area contributed by atoms with Crippen molar-refractivity contribution >= 4 is 41.8 Å². The summed E-state index contributed by atoms with van der Waals surface area (Å²) in [4.78, 5) is 83.3. The van der Waals surface area contributed by atoms with Gasteiger partial charge in [0.05, 0.1) is 0 Å². The lowest BCUT2D eigenvalue weighted by atomic mass is 9.96. The van der Waals surface area contributed by atoms with Gasteiger partial charge in [-0.15, -0.1) is 0 Å². The lowest BCUT2D eigenvalue weighted by Crippen LogP contribution is -2.66. The minimum atomic E-state index is -2.40. The molecule has 2 rings (SSSR count). The fourth-order valence-corrected chi connectivity index (χ4v) is 4.46. The van der Waals surface area contributed by atoms with E-state index in [0.29, 0.717) is 0 Å². The third kappa shape index (κ3) is 10.7. The molecule has 0 saturated carbocycles. The molecule has 0 unspecified atom stereocenters. The van der Waals surface area contributed by atoms with Crippen LogP contribution in [0.2, 0.25) is 0 Å². The van der Waals surface area contributed by atoms with E-state index in [1.54, 1.807) is 0 Å². The van der Waals surface area contributed by atoms with E-state index < -0.39 is 116 Å². The lowest BCUT2D eigenvalue weighted by molar-refractivity contribution is -0.351. The zero-order chi connectivity index (χ0) is 33.3. The monoisotopic (exact) mass is 638 g/mol. The summed E-state index contributed by atoms with van der Waals surface area (Å²) in [6, 6.07) is 0. The van der Waals surface area contributed by atoms with Gasteiger partial charge in [-0.2, -0.15) is 0 Å². The molecular weight excluding hydrogens is 603 g/mol. The smallest absolute Gasteiger partial charge is 0.303 e. The van der Waals surface area contributed by atoms with Gasteiger partial charge in [-0.05, 0) is 0 Å². The second kappa shape index (κ2) is 16.2. The molecule has 44 heavy (non-hydrogen) atoms. The zero-order valence-electron chi connectivity index (χ0n) is 25.0. The van der Waals surface area contributed by atoms with E-state index in [1.807, 2.05) is 0 Å². The van der Waals surface area contributed by atoms with Crippen LogP contribution < -0.4 is 0 Å². The van der Waals surface area contributed by atoms with Gasteiger partial charge in [-0.1, -0.05) is 0 Å². The third-order valence-electron chi connectivity index (χ3n) is 5.87. The average Bonchev–Trinajstić information content (AvgIpc) is 2.87. The molecule has 2 aliphatic rings. The molecule has 0 amide bonds. The predicted molar refractivity (Wildman–Crippen MR) is 134 cm³/mol. The summed E-state index contributed by atoms with van der Waals surface area (Å²) in [6.45, 7) is 5.83. The standard InChI is InChI=1S/C26H35FO17/c1-10(28)35-8-17-20(21(38-13(4)31)23(25(27)42-17)40-15(6)33)44-26-24(41-16(7)34)22(39-14(5)32)19(37-12(3)30)18(43-26)9-36-11(2)29/h17-26H,8-9H2,1-7H3/t17-,18-,19-,20+,21+,22+,23-,24-,25-,26+/m1/s1. The summed E-state index contributed by atoms with van der Waals surface area (Å²) >= 11 is 0. The fourth-order valence-electron chi connectivity index (χ4n) is 4.46. The maximum atomic E-state index is 15.2. The maximum Gasteiger partial charge on any atom is 0.303 e. The van der Waals surface area contributed by atoms with Gasteiger partial charge in [0.15, 0.2) is 36.8 Å². The first-order valence-electron chi connectivity index (χ1n) is 13.2. The third-order valence-corrected chi connectivity index (χ3v) is 5.87. The Hall–Kier alpha value is -3.90. The van der Waals surface area contributed by atoms with Gasteiger partial charge < -0.3 is 47.4 Å².